The highest BCUT2D eigenvalue weighted by molar-refractivity contribution is 7.26. The summed E-state index contributed by atoms with van der Waals surface area (Å²) in [6.45, 7) is 0. The third-order valence-electron chi connectivity index (χ3n) is 3.60. The molecule has 2 heteroatoms. The van der Waals surface area contributed by atoms with Gasteiger partial charge in [-0.3, -0.25) is 0 Å². The number of rotatable bonds is 1. The molecule has 0 nitrogen and oxygen atoms in total. The molecule has 0 fully saturated rings. The molecule has 4 rings (SSSR count). The van der Waals surface area contributed by atoms with E-state index in [4.69, 9.17) is 11.6 Å². The lowest BCUT2D eigenvalue weighted by Gasteiger charge is -2.04. The summed E-state index contributed by atoms with van der Waals surface area (Å²) in [6, 6.07) is 19.4. The van der Waals surface area contributed by atoms with Crippen LogP contribution in [0.15, 0.2) is 54.6 Å². The van der Waals surface area contributed by atoms with E-state index >= 15 is 0 Å². The van der Waals surface area contributed by atoms with Gasteiger partial charge in [0.05, 0.1) is 0 Å². The van der Waals surface area contributed by atoms with Crippen molar-refractivity contribution in [3.05, 3.63) is 60.2 Å². The Morgan fingerprint density at radius 1 is 0.895 bits per heavy atom. The topological polar surface area (TPSA) is 0 Å². The molecule has 0 bridgehead atoms. The van der Waals surface area contributed by atoms with Crippen molar-refractivity contribution in [2.45, 2.75) is 5.88 Å². The molecule has 0 aliphatic heterocycles. The molecule has 0 aliphatic rings. The smallest absolute Gasteiger partial charge is 0.0480 e. The van der Waals surface area contributed by atoms with Crippen molar-refractivity contribution >= 4 is 53.9 Å². The van der Waals surface area contributed by atoms with Crippen LogP contribution in [0.2, 0.25) is 0 Å². The van der Waals surface area contributed by atoms with E-state index in [1.807, 2.05) is 11.3 Å². The molecule has 4 aromatic rings. The van der Waals surface area contributed by atoms with Gasteiger partial charge in [-0.15, -0.1) is 22.9 Å². The molecule has 92 valence electrons. The number of hydrogen-bond acceptors (Lipinski definition) is 1. The molecule has 0 unspecified atom stereocenters. The molecule has 0 radical (unpaired) electrons. The lowest BCUT2D eigenvalue weighted by molar-refractivity contribution is 1.48. The third kappa shape index (κ3) is 1.59. The van der Waals surface area contributed by atoms with Crippen LogP contribution >= 0.6 is 22.9 Å². The fourth-order valence-electron chi connectivity index (χ4n) is 2.75. The Morgan fingerprint density at radius 2 is 1.63 bits per heavy atom. The second-order valence-corrected chi connectivity index (χ2v) is 6.01. The van der Waals surface area contributed by atoms with Crippen molar-refractivity contribution in [1.29, 1.82) is 0 Å². The van der Waals surface area contributed by atoms with Gasteiger partial charge in [-0.25, -0.2) is 0 Å². The van der Waals surface area contributed by atoms with Gasteiger partial charge in [-0.2, -0.15) is 0 Å². The highest BCUT2D eigenvalue weighted by atomic mass is 35.5. The maximum atomic E-state index is 6.17. The SMILES string of the molecule is ClCc1cc2ccccc2c2sc3ccccc3c12. The van der Waals surface area contributed by atoms with Crippen molar-refractivity contribution in [1.82, 2.24) is 0 Å². The van der Waals surface area contributed by atoms with Gasteiger partial charge in [-0.05, 0) is 28.5 Å². The lowest BCUT2D eigenvalue weighted by Crippen LogP contribution is -1.82. The van der Waals surface area contributed by atoms with Crippen LogP contribution in [0.3, 0.4) is 0 Å². The fraction of sp³-hybridized carbons (Fsp3) is 0.0588. The highest BCUT2D eigenvalue weighted by Gasteiger charge is 2.11. The van der Waals surface area contributed by atoms with E-state index in [1.54, 1.807) is 0 Å². The Balaban J connectivity index is 2.34. The van der Waals surface area contributed by atoms with Crippen LogP contribution in [-0.2, 0) is 5.88 Å². The predicted molar refractivity (Wildman–Crippen MR) is 86.4 cm³/mol. The minimum Gasteiger partial charge on any atom is -0.135 e. The number of benzene rings is 3. The average Bonchev–Trinajstić information content (AvgIpc) is 2.86. The lowest BCUT2D eigenvalue weighted by atomic mass is 10.0. The van der Waals surface area contributed by atoms with Crippen molar-refractivity contribution < 1.29 is 0 Å². The summed E-state index contributed by atoms with van der Waals surface area (Å²) < 4.78 is 2.69. The minimum absolute atomic E-state index is 0.558. The molecule has 1 heterocycles. The Morgan fingerprint density at radius 3 is 2.47 bits per heavy atom. The molecule has 1 aromatic heterocycles. The first-order valence-corrected chi connectivity index (χ1v) is 7.61. The zero-order chi connectivity index (χ0) is 12.8. The minimum atomic E-state index is 0.558. The highest BCUT2D eigenvalue weighted by Crippen LogP contribution is 2.40. The molecule has 0 saturated heterocycles. The van der Waals surface area contributed by atoms with Gasteiger partial charge in [-0.1, -0.05) is 42.5 Å². The monoisotopic (exact) mass is 282 g/mol. The Hall–Kier alpha value is -1.57. The molecule has 0 atom stereocenters. The van der Waals surface area contributed by atoms with Gasteiger partial charge in [0.15, 0.2) is 0 Å². The van der Waals surface area contributed by atoms with E-state index < -0.39 is 0 Å². The first-order valence-electron chi connectivity index (χ1n) is 6.26. The molecule has 0 aliphatic carbocycles. The zero-order valence-corrected chi connectivity index (χ0v) is 11.8. The summed E-state index contributed by atoms with van der Waals surface area (Å²) in [5, 5.41) is 5.25. The van der Waals surface area contributed by atoms with E-state index in [1.165, 1.54) is 36.5 Å². The summed E-state index contributed by atoms with van der Waals surface area (Å²) in [7, 11) is 0. The van der Waals surface area contributed by atoms with Gasteiger partial charge in [0, 0.05) is 26.1 Å². The van der Waals surface area contributed by atoms with E-state index in [-0.39, 0.29) is 0 Å². The van der Waals surface area contributed by atoms with Crippen molar-refractivity contribution in [2.24, 2.45) is 0 Å². The van der Waals surface area contributed by atoms with Crippen LogP contribution in [0.5, 0.6) is 0 Å². The number of thiophene rings is 1. The first-order chi connectivity index (χ1) is 9.38. The van der Waals surface area contributed by atoms with E-state index in [0.717, 1.165) is 0 Å². The Labute approximate surface area is 120 Å². The summed E-state index contributed by atoms with van der Waals surface area (Å²) >= 11 is 8.03. The molecular formula is C17H11ClS. The predicted octanol–water partition coefficient (Wildman–Crippen LogP) is 5.95. The Kier molecular flexibility index (Phi) is 2.51. The molecule has 0 N–H and O–H groups in total. The molecule has 0 spiro atoms. The maximum Gasteiger partial charge on any atom is 0.0480 e. The largest absolute Gasteiger partial charge is 0.135 e. The van der Waals surface area contributed by atoms with Gasteiger partial charge in [0.1, 0.15) is 0 Å². The molecule has 19 heavy (non-hydrogen) atoms. The van der Waals surface area contributed by atoms with Crippen LogP contribution in [0.4, 0.5) is 0 Å². The molecule has 0 amide bonds. The van der Waals surface area contributed by atoms with Gasteiger partial charge < -0.3 is 0 Å². The summed E-state index contributed by atoms with van der Waals surface area (Å²) in [4.78, 5) is 0. The van der Waals surface area contributed by atoms with Crippen LogP contribution in [0.1, 0.15) is 5.56 Å². The third-order valence-corrected chi connectivity index (χ3v) is 5.09. The Bertz CT molecular complexity index is 905. The summed E-state index contributed by atoms with van der Waals surface area (Å²) in [5.41, 5.74) is 1.23. The number of alkyl halides is 1. The number of fused-ring (bicyclic) bond motifs is 5. The second-order valence-electron chi connectivity index (χ2n) is 4.69. The normalized spacial score (nSPS) is 11.6. The number of halogens is 1. The molecule has 3 aromatic carbocycles. The standard InChI is InChI=1S/C17H11ClS/c18-10-12-9-11-5-1-2-6-13(11)17-16(12)14-7-3-4-8-15(14)19-17/h1-9H,10H2. The van der Waals surface area contributed by atoms with Crippen molar-refractivity contribution in [3.63, 3.8) is 0 Å². The first kappa shape index (κ1) is 11.3. The molecule has 0 saturated carbocycles. The van der Waals surface area contributed by atoms with E-state index in [9.17, 15) is 0 Å². The maximum absolute atomic E-state index is 6.17. The van der Waals surface area contributed by atoms with E-state index in [2.05, 4.69) is 54.6 Å². The van der Waals surface area contributed by atoms with Crippen LogP contribution in [0, 0.1) is 0 Å². The molecular weight excluding hydrogens is 272 g/mol. The quantitative estimate of drug-likeness (QED) is 0.379. The van der Waals surface area contributed by atoms with Gasteiger partial charge in [0.2, 0.25) is 0 Å². The van der Waals surface area contributed by atoms with Crippen LogP contribution < -0.4 is 0 Å². The van der Waals surface area contributed by atoms with Crippen molar-refractivity contribution in [2.75, 3.05) is 0 Å². The van der Waals surface area contributed by atoms with Gasteiger partial charge in [0.25, 0.3) is 0 Å². The van der Waals surface area contributed by atoms with Crippen LogP contribution in [0.25, 0.3) is 30.9 Å². The van der Waals surface area contributed by atoms with Gasteiger partial charge >= 0.3 is 0 Å². The summed E-state index contributed by atoms with van der Waals surface area (Å²) in [6.07, 6.45) is 0. The second kappa shape index (κ2) is 4.22. The zero-order valence-electron chi connectivity index (χ0n) is 10.2. The average molecular weight is 283 g/mol. The van der Waals surface area contributed by atoms with E-state index in [0.29, 0.717) is 5.88 Å². The van der Waals surface area contributed by atoms with Crippen LogP contribution in [-0.4, -0.2) is 0 Å². The summed E-state index contributed by atoms with van der Waals surface area (Å²) in [5.74, 6) is 0.558. The number of hydrogen-bond donors (Lipinski definition) is 0. The fourth-order valence-corrected chi connectivity index (χ4v) is 4.25. The van der Waals surface area contributed by atoms with Crippen molar-refractivity contribution in [3.8, 4) is 0 Å².